The normalized spacial score (nSPS) is 25.8. The second kappa shape index (κ2) is 6.21. The Morgan fingerprint density at radius 1 is 1.08 bits per heavy atom. The molecule has 0 unspecified atom stereocenters. The number of methoxy groups -OCH3 is 1. The Morgan fingerprint density at radius 2 is 1.92 bits per heavy atom. The third-order valence-electron chi connectivity index (χ3n) is 5.89. The number of aromatic nitrogens is 2. The van der Waals surface area contributed by atoms with E-state index < -0.39 is 0 Å². The molecule has 6 heteroatoms. The van der Waals surface area contributed by atoms with Crippen LogP contribution in [0.5, 0.6) is 5.75 Å². The van der Waals surface area contributed by atoms with Crippen LogP contribution in [0.4, 0.5) is 5.82 Å². The smallest absolute Gasteiger partial charge is 0.140 e. The van der Waals surface area contributed by atoms with E-state index in [1.807, 2.05) is 0 Å². The molecule has 0 saturated carbocycles. The lowest BCUT2D eigenvalue weighted by atomic mass is 9.89. The summed E-state index contributed by atoms with van der Waals surface area (Å²) in [6.07, 6.45) is 1.70. The van der Waals surface area contributed by atoms with E-state index in [0.717, 1.165) is 36.0 Å². The molecular formula is C20H22N4OS. The van der Waals surface area contributed by atoms with Gasteiger partial charge in [0.05, 0.1) is 12.5 Å². The largest absolute Gasteiger partial charge is 0.497 e. The first-order chi connectivity index (χ1) is 12.7. The van der Waals surface area contributed by atoms with Gasteiger partial charge >= 0.3 is 0 Å². The molecule has 2 aliphatic heterocycles. The van der Waals surface area contributed by atoms with E-state index in [1.165, 1.54) is 10.9 Å². The topological polar surface area (TPSA) is 41.5 Å². The van der Waals surface area contributed by atoms with E-state index in [4.69, 9.17) is 4.74 Å². The Labute approximate surface area is 157 Å². The van der Waals surface area contributed by atoms with Gasteiger partial charge in [0, 0.05) is 31.6 Å². The van der Waals surface area contributed by atoms with Gasteiger partial charge < -0.3 is 9.64 Å². The summed E-state index contributed by atoms with van der Waals surface area (Å²) < 4.78 is 5.32. The highest BCUT2D eigenvalue weighted by Crippen LogP contribution is 2.45. The number of nitrogens with zero attached hydrogens (tertiary/aromatic N) is 4. The van der Waals surface area contributed by atoms with Crippen molar-refractivity contribution < 1.29 is 4.74 Å². The second-order valence-corrected chi connectivity index (χ2v) is 8.22. The van der Waals surface area contributed by atoms with Crippen molar-refractivity contribution in [1.29, 1.82) is 0 Å². The first-order valence-corrected chi connectivity index (χ1v) is 9.90. The molecule has 2 aromatic heterocycles. The van der Waals surface area contributed by atoms with Crippen LogP contribution in [0.1, 0.15) is 11.6 Å². The van der Waals surface area contributed by atoms with Gasteiger partial charge in [0.15, 0.2) is 0 Å². The van der Waals surface area contributed by atoms with E-state index in [2.05, 4.69) is 62.5 Å². The SMILES string of the molecule is COc1ccc([C@H]2[C@@H]3CN(c4ncnc5sccc45)C[C@@H]3CN2C)cc1. The molecular weight excluding hydrogens is 344 g/mol. The highest BCUT2D eigenvalue weighted by molar-refractivity contribution is 7.16. The molecule has 5 nitrogen and oxygen atoms in total. The zero-order valence-electron chi connectivity index (χ0n) is 15.0. The summed E-state index contributed by atoms with van der Waals surface area (Å²) in [5, 5.41) is 3.29. The molecule has 2 saturated heterocycles. The van der Waals surface area contributed by atoms with Crippen molar-refractivity contribution >= 4 is 27.4 Å². The molecule has 0 radical (unpaired) electrons. The van der Waals surface area contributed by atoms with Crippen LogP contribution in [0.15, 0.2) is 42.0 Å². The lowest BCUT2D eigenvalue weighted by molar-refractivity contribution is 0.279. The molecule has 0 spiro atoms. The van der Waals surface area contributed by atoms with Crippen molar-refractivity contribution in [2.45, 2.75) is 6.04 Å². The number of ether oxygens (including phenoxy) is 1. The average Bonchev–Trinajstić information content (AvgIpc) is 3.35. The summed E-state index contributed by atoms with van der Waals surface area (Å²) in [5.41, 5.74) is 1.38. The lowest BCUT2D eigenvalue weighted by Crippen LogP contribution is -2.29. The third-order valence-corrected chi connectivity index (χ3v) is 6.71. The zero-order valence-corrected chi connectivity index (χ0v) is 15.8. The Morgan fingerprint density at radius 3 is 2.73 bits per heavy atom. The van der Waals surface area contributed by atoms with Crippen LogP contribution in [0.25, 0.3) is 10.2 Å². The number of rotatable bonds is 3. The van der Waals surface area contributed by atoms with Gasteiger partial charge in [-0.05, 0) is 42.1 Å². The number of benzene rings is 1. The predicted molar refractivity (Wildman–Crippen MR) is 105 cm³/mol. The summed E-state index contributed by atoms with van der Waals surface area (Å²) in [4.78, 5) is 15.1. The van der Waals surface area contributed by atoms with E-state index in [0.29, 0.717) is 17.9 Å². The highest BCUT2D eigenvalue weighted by atomic mass is 32.1. The molecule has 3 atom stereocenters. The number of likely N-dealkylation sites (tertiary alicyclic amines) is 1. The summed E-state index contributed by atoms with van der Waals surface area (Å²) in [7, 11) is 3.97. The van der Waals surface area contributed by atoms with Gasteiger partial charge in [-0.3, -0.25) is 4.90 Å². The summed E-state index contributed by atoms with van der Waals surface area (Å²) in [6.45, 7) is 3.26. The monoisotopic (exact) mass is 366 g/mol. The van der Waals surface area contributed by atoms with Gasteiger partial charge in [0.25, 0.3) is 0 Å². The lowest BCUT2D eigenvalue weighted by Gasteiger charge is -2.27. The highest BCUT2D eigenvalue weighted by Gasteiger charge is 2.46. The third kappa shape index (κ3) is 2.47. The fraction of sp³-hybridized carbons (Fsp3) is 0.400. The van der Waals surface area contributed by atoms with E-state index in [9.17, 15) is 0 Å². The Bertz CT molecular complexity index is 925. The minimum Gasteiger partial charge on any atom is -0.497 e. The standard InChI is InChI=1S/C20H22N4OS/c1-23-9-14-10-24(19-16-7-8-26-20(16)22-12-21-19)11-17(14)18(23)13-3-5-15(25-2)6-4-13/h3-8,12,14,17-18H,9-11H2,1-2H3/t14-,17+,18-/m0/s1. The minimum absolute atomic E-state index is 0.454. The molecule has 2 aliphatic rings. The Kier molecular flexibility index (Phi) is 3.83. The van der Waals surface area contributed by atoms with Gasteiger partial charge in [-0.15, -0.1) is 11.3 Å². The number of hydrogen-bond acceptors (Lipinski definition) is 6. The van der Waals surface area contributed by atoms with Gasteiger partial charge in [-0.2, -0.15) is 0 Å². The maximum Gasteiger partial charge on any atom is 0.140 e. The number of hydrogen-bond donors (Lipinski definition) is 0. The molecule has 26 heavy (non-hydrogen) atoms. The van der Waals surface area contributed by atoms with Gasteiger partial charge in [-0.25, -0.2) is 9.97 Å². The van der Waals surface area contributed by atoms with Crippen LogP contribution in [0.2, 0.25) is 0 Å². The summed E-state index contributed by atoms with van der Waals surface area (Å²) in [5.74, 6) is 3.31. The molecule has 3 aromatic rings. The summed E-state index contributed by atoms with van der Waals surface area (Å²) in [6, 6.07) is 11.2. The van der Waals surface area contributed by atoms with Crippen molar-refractivity contribution in [2.24, 2.45) is 11.8 Å². The molecule has 0 amide bonds. The maximum absolute atomic E-state index is 5.32. The average molecular weight is 366 g/mol. The number of fused-ring (bicyclic) bond motifs is 2. The van der Waals surface area contributed by atoms with Gasteiger partial charge in [0.1, 0.15) is 22.7 Å². The minimum atomic E-state index is 0.454. The van der Waals surface area contributed by atoms with Crippen molar-refractivity contribution in [3.05, 3.63) is 47.6 Å². The van der Waals surface area contributed by atoms with Crippen LogP contribution < -0.4 is 9.64 Å². The zero-order chi connectivity index (χ0) is 17.7. The van der Waals surface area contributed by atoms with E-state index in [1.54, 1.807) is 24.8 Å². The molecule has 5 rings (SSSR count). The number of anilines is 1. The first kappa shape index (κ1) is 16.0. The van der Waals surface area contributed by atoms with Crippen LogP contribution in [-0.2, 0) is 0 Å². The maximum atomic E-state index is 5.32. The fourth-order valence-electron chi connectivity index (χ4n) is 4.76. The Hall–Kier alpha value is -2.18. The predicted octanol–water partition coefficient (Wildman–Crippen LogP) is 3.44. The first-order valence-electron chi connectivity index (χ1n) is 9.02. The molecule has 2 fully saturated rings. The van der Waals surface area contributed by atoms with Crippen LogP contribution in [0.3, 0.4) is 0 Å². The molecule has 0 N–H and O–H groups in total. The quantitative estimate of drug-likeness (QED) is 0.710. The van der Waals surface area contributed by atoms with Crippen molar-refractivity contribution in [2.75, 3.05) is 38.7 Å². The second-order valence-electron chi connectivity index (χ2n) is 7.32. The molecule has 4 heterocycles. The van der Waals surface area contributed by atoms with Crippen LogP contribution in [-0.4, -0.2) is 48.7 Å². The molecule has 134 valence electrons. The van der Waals surface area contributed by atoms with Gasteiger partial charge in [-0.1, -0.05) is 12.1 Å². The number of thiophene rings is 1. The Balaban J connectivity index is 1.44. The molecule has 0 bridgehead atoms. The van der Waals surface area contributed by atoms with Gasteiger partial charge in [0.2, 0.25) is 0 Å². The summed E-state index contributed by atoms with van der Waals surface area (Å²) >= 11 is 1.69. The van der Waals surface area contributed by atoms with E-state index in [-0.39, 0.29) is 0 Å². The van der Waals surface area contributed by atoms with E-state index >= 15 is 0 Å². The fourth-order valence-corrected chi connectivity index (χ4v) is 5.49. The van der Waals surface area contributed by atoms with Crippen LogP contribution in [0, 0.1) is 11.8 Å². The van der Waals surface area contributed by atoms with Crippen molar-refractivity contribution in [3.8, 4) is 5.75 Å². The van der Waals surface area contributed by atoms with Crippen molar-refractivity contribution in [1.82, 2.24) is 14.9 Å². The van der Waals surface area contributed by atoms with Crippen LogP contribution >= 0.6 is 11.3 Å². The van der Waals surface area contributed by atoms with Crippen molar-refractivity contribution in [3.63, 3.8) is 0 Å². The molecule has 0 aliphatic carbocycles. The molecule has 1 aromatic carbocycles.